The first-order chi connectivity index (χ1) is 18.4. The second-order valence-electron chi connectivity index (χ2n) is 8.61. The Hall–Kier alpha value is -4.38. The van der Waals surface area contributed by atoms with Crippen LogP contribution in [0.2, 0.25) is 0 Å². The number of hydrogen-bond donors (Lipinski definition) is 0. The molecule has 0 saturated carbocycles. The van der Waals surface area contributed by atoms with Crippen LogP contribution in [-0.4, -0.2) is 55.3 Å². The smallest absolute Gasteiger partial charge is 0.278 e. The maximum Gasteiger partial charge on any atom is 0.278 e. The summed E-state index contributed by atoms with van der Waals surface area (Å²) in [5.74, 6) is -2.68. The number of amides is 1. The molecule has 11 heteroatoms. The third kappa shape index (κ3) is 4.56. The Bertz CT molecular complexity index is 1410. The molecule has 1 aromatic heterocycles. The molecular weight excluding hydrogens is 500 g/mol. The lowest BCUT2D eigenvalue weighted by atomic mass is 9.96. The molecule has 1 saturated heterocycles. The standard InChI is InChI=1S/C27H25F2N3O6/c1-17(35-2)37-16-38-26-22(33)10-11-31-25(26)27(34)30-12-13-36-15-23(30)32(31)24(18-6-4-3-5-7-18)19-8-9-20(28)21(29)14-19/h3-11,14,23-24H,1,12-13,15-16H2,2H3/t23-,24+/m1/s1. The van der Waals surface area contributed by atoms with Gasteiger partial charge in [-0.25, -0.2) is 8.78 Å². The zero-order valence-corrected chi connectivity index (χ0v) is 20.5. The van der Waals surface area contributed by atoms with E-state index in [9.17, 15) is 18.4 Å². The largest absolute Gasteiger partial charge is 0.469 e. The highest BCUT2D eigenvalue weighted by atomic mass is 19.2. The molecule has 0 radical (unpaired) electrons. The van der Waals surface area contributed by atoms with Crippen LogP contribution in [0.25, 0.3) is 0 Å². The van der Waals surface area contributed by atoms with Crippen LogP contribution in [0.5, 0.6) is 5.75 Å². The number of ether oxygens (including phenoxy) is 4. The van der Waals surface area contributed by atoms with Gasteiger partial charge >= 0.3 is 0 Å². The number of benzene rings is 2. The number of pyridine rings is 1. The molecule has 2 atom stereocenters. The summed E-state index contributed by atoms with van der Waals surface area (Å²) in [5, 5.41) is 1.80. The minimum atomic E-state index is -1.01. The molecule has 2 aliphatic heterocycles. The molecule has 2 aliphatic rings. The lowest BCUT2D eigenvalue weighted by Crippen LogP contribution is -2.66. The van der Waals surface area contributed by atoms with Gasteiger partial charge in [0.2, 0.25) is 18.0 Å². The molecule has 0 spiro atoms. The van der Waals surface area contributed by atoms with Gasteiger partial charge in [0.25, 0.3) is 11.9 Å². The monoisotopic (exact) mass is 525 g/mol. The Morgan fingerprint density at radius 3 is 2.63 bits per heavy atom. The zero-order chi connectivity index (χ0) is 26.8. The lowest BCUT2D eigenvalue weighted by molar-refractivity contribution is -0.0237. The minimum absolute atomic E-state index is 0.0291. The summed E-state index contributed by atoms with van der Waals surface area (Å²) >= 11 is 0. The van der Waals surface area contributed by atoms with Crippen LogP contribution in [0.3, 0.4) is 0 Å². The van der Waals surface area contributed by atoms with E-state index >= 15 is 0 Å². The molecule has 38 heavy (non-hydrogen) atoms. The van der Waals surface area contributed by atoms with Gasteiger partial charge in [-0.05, 0) is 29.8 Å². The Morgan fingerprint density at radius 1 is 1.11 bits per heavy atom. The molecule has 2 aromatic carbocycles. The van der Waals surface area contributed by atoms with Gasteiger partial charge in [-0.1, -0.05) is 36.4 Å². The van der Waals surface area contributed by atoms with Crippen molar-refractivity contribution in [3.63, 3.8) is 0 Å². The van der Waals surface area contributed by atoms with Crippen molar-refractivity contribution >= 4 is 5.91 Å². The molecule has 3 aromatic rings. The Kier molecular flexibility index (Phi) is 7.01. The number of aromatic nitrogens is 1. The SMILES string of the molecule is C=C(OC)OCOc1c2n(ccc1=O)N([C@@H](c1ccccc1)c1ccc(F)c(F)c1)[C@@H]1COCCN1C2=O. The Morgan fingerprint density at radius 2 is 1.89 bits per heavy atom. The first kappa shape index (κ1) is 25.3. The molecule has 5 rings (SSSR count). The number of carbonyl (C=O) groups is 1. The molecule has 198 valence electrons. The topological polar surface area (TPSA) is 82.5 Å². The number of carbonyl (C=O) groups excluding carboxylic acids is 1. The van der Waals surface area contributed by atoms with Crippen molar-refractivity contribution in [1.29, 1.82) is 0 Å². The number of hydrogen-bond acceptors (Lipinski definition) is 7. The normalized spacial score (nSPS) is 17.3. The fourth-order valence-corrected chi connectivity index (χ4v) is 4.69. The van der Waals surface area contributed by atoms with Crippen molar-refractivity contribution in [1.82, 2.24) is 9.58 Å². The van der Waals surface area contributed by atoms with E-state index in [2.05, 4.69) is 6.58 Å². The molecule has 0 unspecified atom stereocenters. The number of nitrogens with zero attached hydrogens (tertiary/aromatic N) is 3. The van der Waals surface area contributed by atoms with E-state index in [-0.39, 0.29) is 30.5 Å². The quantitative estimate of drug-likeness (QED) is 0.330. The van der Waals surface area contributed by atoms with Gasteiger partial charge in [-0.2, -0.15) is 0 Å². The molecule has 1 fully saturated rings. The van der Waals surface area contributed by atoms with Crippen LogP contribution in [-0.2, 0) is 14.2 Å². The molecule has 3 heterocycles. The third-order valence-electron chi connectivity index (χ3n) is 6.45. The fourth-order valence-electron chi connectivity index (χ4n) is 4.69. The van der Waals surface area contributed by atoms with Gasteiger partial charge in [0, 0.05) is 18.8 Å². The summed E-state index contributed by atoms with van der Waals surface area (Å²) in [6.45, 7) is 3.80. The van der Waals surface area contributed by atoms with Crippen LogP contribution >= 0.6 is 0 Å². The highest BCUT2D eigenvalue weighted by molar-refractivity contribution is 5.96. The van der Waals surface area contributed by atoms with E-state index in [0.717, 1.165) is 17.7 Å². The van der Waals surface area contributed by atoms with Gasteiger partial charge in [0.05, 0.1) is 26.4 Å². The fraction of sp³-hybridized carbons (Fsp3) is 0.259. The van der Waals surface area contributed by atoms with Crippen molar-refractivity contribution in [2.75, 3.05) is 38.7 Å². The summed E-state index contributed by atoms with van der Waals surface area (Å²) < 4.78 is 51.3. The highest BCUT2D eigenvalue weighted by Gasteiger charge is 2.45. The lowest BCUT2D eigenvalue weighted by Gasteiger charge is -2.51. The number of fused-ring (bicyclic) bond motifs is 2. The number of morpholine rings is 1. The Labute approximate surface area is 217 Å². The average Bonchev–Trinajstić information content (AvgIpc) is 2.94. The van der Waals surface area contributed by atoms with E-state index < -0.39 is 42.0 Å². The summed E-state index contributed by atoms with van der Waals surface area (Å²) in [4.78, 5) is 28.2. The summed E-state index contributed by atoms with van der Waals surface area (Å²) in [6.07, 6.45) is 0.834. The van der Waals surface area contributed by atoms with Crippen molar-refractivity contribution in [3.05, 3.63) is 112 Å². The van der Waals surface area contributed by atoms with Gasteiger partial charge < -0.3 is 23.8 Å². The van der Waals surface area contributed by atoms with E-state index in [1.54, 1.807) is 9.91 Å². The average molecular weight is 526 g/mol. The predicted molar refractivity (Wildman–Crippen MR) is 132 cm³/mol. The maximum absolute atomic E-state index is 14.5. The van der Waals surface area contributed by atoms with Gasteiger partial charge in [-0.15, -0.1) is 0 Å². The van der Waals surface area contributed by atoms with Crippen LogP contribution in [0.15, 0.2) is 78.1 Å². The predicted octanol–water partition coefficient (Wildman–Crippen LogP) is 3.14. The van der Waals surface area contributed by atoms with E-state index in [4.69, 9.17) is 18.9 Å². The van der Waals surface area contributed by atoms with Gasteiger partial charge in [0.1, 0.15) is 6.17 Å². The highest BCUT2D eigenvalue weighted by Crippen LogP contribution is 2.36. The van der Waals surface area contributed by atoms with Crippen LogP contribution in [0.4, 0.5) is 8.78 Å². The Balaban J connectivity index is 1.70. The molecule has 0 bridgehead atoms. The minimum Gasteiger partial charge on any atom is -0.469 e. The third-order valence-corrected chi connectivity index (χ3v) is 6.45. The zero-order valence-electron chi connectivity index (χ0n) is 20.5. The van der Waals surface area contributed by atoms with Crippen molar-refractivity contribution in [2.24, 2.45) is 0 Å². The first-order valence-corrected chi connectivity index (χ1v) is 11.8. The first-order valence-electron chi connectivity index (χ1n) is 11.8. The van der Waals surface area contributed by atoms with Crippen LogP contribution in [0, 0.1) is 11.6 Å². The van der Waals surface area contributed by atoms with E-state index in [0.29, 0.717) is 12.2 Å². The van der Waals surface area contributed by atoms with Crippen molar-refractivity contribution in [2.45, 2.75) is 12.2 Å². The molecular formula is C27H25F2N3O6. The molecule has 0 aliphatic carbocycles. The summed E-state index contributed by atoms with van der Waals surface area (Å²) in [6, 6.07) is 13.4. The van der Waals surface area contributed by atoms with E-state index in [1.807, 2.05) is 30.3 Å². The summed E-state index contributed by atoms with van der Waals surface area (Å²) in [5.41, 5.74) is 0.602. The van der Waals surface area contributed by atoms with Gasteiger partial charge in [0.15, 0.2) is 17.3 Å². The summed E-state index contributed by atoms with van der Waals surface area (Å²) in [7, 11) is 1.36. The second-order valence-corrected chi connectivity index (χ2v) is 8.61. The number of halogens is 2. The van der Waals surface area contributed by atoms with Gasteiger partial charge in [-0.3, -0.25) is 19.3 Å². The molecule has 9 nitrogen and oxygen atoms in total. The van der Waals surface area contributed by atoms with Crippen LogP contribution < -0.4 is 15.2 Å². The number of methoxy groups -OCH3 is 1. The molecule has 1 amide bonds. The maximum atomic E-state index is 14.5. The molecule has 0 N–H and O–H groups in total. The number of rotatable bonds is 8. The second kappa shape index (κ2) is 10.5. The van der Waals surface area contributed by atoms with Crippen LogP contribution in [0.1, 0.15) is 27.7 Å². The van der Waals surface area contributed by atoms with Crippen molar-refractivity contribution in [3.8, 4) is 5.75 Å². The van der Waals surface area contributed by atoms with Crippen molar-refractivity contribution < 1.29 is 32.5 Å². The van der Waals surface area contributed by atoms with E-state index in [1.165, 1.54) is 30.1 Å².